The lowest BCUT2D eigenvalue weighted by molar-refractivity contribution is -0.137. The number of thiazole rings is 1. The predicted octanol–water partition coefficient (Wildman–Crippen LogP) is 5.28. The molecule has 0 spiro atoms. The van der Waals surface area contributed by atoms with Gasteiger partial charge in [-0.05, 0) is 19.9 Å². The van der Waals surface area contributed by atoms with Crippen LogP contribution in [0.3, 0.4) is 0 Å². The van der Waals surface area contributed by atoms with Gasteiger partial charge in [-0.3, -0.25) is 4.79 Å². The molecule has 1 unspecified atom stereocenters. The van der Waals surface area contributed by atoms with Crippen molar-refractivity contribution >= 4 is 39.7 Å². The van der Waals surface area contributed by atoms with Gasteiger partial charge in [0, 0.05) is 18.2 Å². The third-order valence-corrected chi connectivity index (χ3v) is 6.72. The van der Waals surface area contributed by atoms with E-state index >= 15 is 0 Å². The fourth-order valence-corrected chi connectivity index (χ4v) is 5.05. The van der Waals surface area contributed by atoms with Gasteiger partial charge in [0.15, 0.2) is 5.69 Å². The lowest BCUT2D eigenvalue weighted by atomic mass is 10.0. The number of benzodiazepines with no additional fused rings is 1. The van der Waals surface area contributed by atoms with Gasteiger partial charge >= 0.3 is 12.2 Å². The number of carbonyl (C=O) groups excluding carboxylic acids is 1. The molecule has 5 rings (SSSR count). The molecule has 14 heteroatoms. The molecule has 0 radical (unpaired) electrons. The highest BCUT2D eigenvalue weighted by molar-refractivity contribution is 7.16. The van der Waals surface area contributed by atoms with Gasteiger partial charge in [-0.25, -0.2) is 9.98 Å². The summed E-state index contributed by atoms with van der Waals surface area (Å²) in [5, 5.41) is 15.4. The summed E-state index contributed by atoms with van der Waals surface area (Å²) in [6.07, 6.45) is -5.86. The highest BCUT2D eigenvalue weighted by atomic mass is 32.1. The number of para-hydroxylation sites is 1. The van der Waals surface area contributed by atoms with Crippen molar-refractivity contribution in [3.63, 3.8) is 0 Å². The zero-order chi connectivity index (χ0) is 28.5. The molecule has 1 amide bonds. The summed E-state index contributed by atoms with van der Waals surface area (Å²) < 4.78 is 51.4. The summed E-state index contributed by atoms with van der Waals surface area (Å²) in [6.45, 7) is 3.74. The standard InChI is InChI=1S/C26H24F3N7O3S/c1-25(2,13-38-3)34-22-18(32-23(40-22)26(27,28)29)21-35-36-24(39-21)33-19-20(37)30-16-12-8-7-11-15(16)17(31-19)14-9-5-4-6-10-14/h4-12,19,34H,13H2,1-3H3,(H,30,37)(H,33,36). The summed E-state index contributed by atoms with van der Waals surface area (Å²) in [4.78, 5) is 21.5. The number of methoxy groups -OCH3 is 1. The van der Waals surface area contributed by atoms with Crippen LogP contribution in [-0.2, 0) is 15.7 Å². The average Bonchev–Trinajstić information content (AvgIpc) is 3.51. The highest BCUT2D eigenvalue weighted by Gasteiger charge is 2.38. The summed E-state index contributed by atoms with van der Waals surface area (Å²) in [7, 11) is 1.49. The van der Waals surface area contributed by atoms with E-state index in [4.69, 9.17) is 9.15 Å². The first kappa shape index (κ1) is 27.3. The smallest absolute Gasteiger partial charge is 0.402 e. The molecular weight excluding hydrogens is 547 g/mol. The first-order valence-corrected chi connectivity index (χ1v) is 12.8. The molecule has 0 bridgehead atoms. The lowest BCUT2D eigenvalue weighted by Crippen LogP contribution is -2.35. The number of aliphatic imine (C=N–C) groups is 1. The summed E-state index contributed by atoms with van der Waals surface area (Å²) in [5.41, 5.74) is 1.72. The van der Waals surface area contributed by atoms with Gasteiger partial charge in [-0.15, -0.1) is 5.10 Å². The van der Waals surface area contributed by atoms with Crippen LogP contribution >= 0.6 is 11.3 Å². The number of rotatable bonds is 8. The third-order valence-electron chi connectivity index (χ3n) is 5.71. The van der Waals surface area contributed by atoms with E-state index < -0.39 is 28.8 Å². The minimum atomic E-state index is -4.68. The Morgan fingerprint density at radius 1 is 1.07 bits per heavy atom. The number of aromatic nitrogens is 3. The molecule has 0 aliphatic carbocycles. The zero-order valence-electron chi connectivity index (χ0n) is 21.5. The predicted molar refractivity (Wildman–Crippen MR) is 145 cm³/mol. The second-order valence-corrected chi connectivity index (χ2v) is 10.5. The molecule has 40 heavy (non-hydrogen) atoms. The number of alkyl halides is 3. The van der Waals surface area contributed by atoms with Gasteiger partial charge in [-0.1, -0.05) is 65.0 Å². The number of hydrogen-bond donors (Lipinski definition) is 3. The van der Waals surface area contributed by atoms with Gasteiger partial charge < -0.3 is 25.1 Å². The van der Waals surface area contributed by atoms with Crippen LogP contribution in [0.25, 0.3) is 11.6 Å². The van der Waals surface area contributed by atoms with Gasteiger partial charge in [0.1, 0.15) is 5.00 Å². The van der Waals surface area contributed by atoms with Gasteiger partial charge in [0.05, 0.1) is 23.5 Å². The van der Waals surface area contributed by atoms with Crippen LogP contribution in [0.1, 0.15) is 30.0 Å². The topological polar surface area (TPSA) is 127 Å². The number of hydrogen-bond acceptors (Lipinski definition) is 10. The van der Waals surface area contributed by atoms with Crippen molar-refractivity contribution in [2.75, 3.05) is 29.7 Å². The quantitative estimate of drug-likeness (QED) is 0.261. The van der Waals surface area contributed by atoms with Crippen LogP contribution in [0, 0.1) is 0 Å². The minimum absolute atomic E-state index is 0.0802. The molecular formula is C26H24F3N7O3S. The number of benzene rings is 2. The second kappa shape index (κ2) is 10.7. The third kappa shape index (κ3) is 5.82. The Labute approximate surface area is 230 Å². The minimum Gasteiger partial charge on any atom is -0.402 e. The molecule has 2 aromatic heterocycles. The molecule has 3 heterocycles. The van der Waals surface area contributed by atoms with Crippen LogP contribution in [0.15, 0.2) is 64.0 Å². The lowest BCUT2D eigenvalue weighted by Gasteiger charge is -2.25. The largest absolute Gasteiger partial charge is 0.443 e. The van der Waals surface area contributed by atoms with Crippen LogP contribution in [0.2, 0.25) is 0 Å². The second-order valence-electron chi connectivity index (χ2n) is 9.47. The number of anilines is 3. The number of nitrogens with zero attached hydrogens (tertiary/aromatic N) is 4. The van der Waals surface area contributed by atoms with Crippen LogP contribution in [0.5, 0.6) is 0 Å². The van der Waals surface area contributed by atoms with Crippen LogP contribution in [0.4, 0.5) is 29.9 Å². The maximum Gasteiger partial charge on any atom is 0.443 e. The van der Waals surface area contributed by atoms with E-state index in [1.54, 1.807) is 26.0 Å². The highest BCUT2D eigenvalue weighted by Crippen LogP contribution is 2.41. The molecule has 3 N–H and O–H groups in total. The molecule has 10 nitrogen and oxygen atoms in total. The number of amides is 1. The van der Waals surface area contributed by atoms with E-state index in [0.717, 1.165) is 5.56 Å². The number of fused-ring (bicyclic) bond motifs is 1. The van der Waals surface area contributed by atoms with E-state index in [1.165, 1.54) is 7.11 Å². The first-order chi connectivity index (χ1) is 19.0. The van der Waals surface area contributed by atoms with Crippen molar-refractivity contribution in [1.29, 1.82) is 0 Å². The molecule has 1 atom stereocenters. The summed E-state index contributed by atoms with van der Waals surface area (Å²) >= 11 is 0.416. The van der Waals surface area contributed by atoms with Crippen LogP contribution < -0.4 is 16.0 Å². The molecule has 1 aliphatic heterocycles. The van der Waals surface area contributed by atoms with Gasteiger partial charge in [-0.2, -0.15) is 13.2 Å². The molecule has 0 fully saturated rings. The maximum atomic E-state index is 13.5. The van der Waals surface area contributed by atoms with Crippen molar-refractivity contribution in [2.45, 2.75) is 31.7 Å². The molecule has 1 aliphatic rings. The van der Waals surface area contributed by atoms with E-state index in [1.807, 2.05) is 42.5 Å². The summed E-state index contributed by atoms with van der Waals surface area (Å²) in [5.74, 6) is -0.760. The van der Waals surface area contributed by atoms with Crippen molar-refractivity contribution in [3.05, 3.63) is 70.7 Å². The van der Waals surface area contributed by atoms with Gasteiger partial charge in [0.25, 0.3) is 11.8 Å². The van der Waals surface area contributed by atoms with Crippen LogP contribution in [-0.4, -0.2) is 52.2 Å². The van der Waals surface area contributed by atoms with E-state index in [0.29, 0.717) is 28.3 Å². The van der Waals surface area contributed by atoms with E-state index in [9.17, 15) is 18.0 Å². The molecule has 0 saturated heterocycles. The van der Waals surface area contributed by atoms with Crippen molar-refractivity contribution < 1.29 is 27.1 Å². The Kier molecular flexibility index (Phi) is 7.29. The Balaban J connectivity index is 1.48. The maximum absolute atomic E-state index is 13.5. The Morgan fingerprint density at radius 3 is 2.52 bits per heavy atom. The van der Waals surface area contributed by atoms with Crippen molar-refractivity contribution in [1.82, 2.24) is 15.2 Å². The normalized spacial score (nSPS) is 15.6. The molecule has 208 valence electrons. The Hall–Kier alpha value is -4.30. The van der Waals surface area contributed by atoms with Crippen molar-refractivity contribution in [3.8, 4) is 11.6 Å². The first-order valence-electron chi connectivity index (χ1n) is 12.0. The van der Waals surface area contributed by atoms with E-state index in [-0.39, 0.29) is 29.2 Å². The molecule has 2 aromatic carbocycles. The fourth-order valence-electron chi connectivity index (χ4n) is 4.05. The number of carbonyl (C=O) groups is 1. The molecule has 4 aromatic rings. The Bertz CT molecular complexity index is 1550. The average molecular weight is 572 g/mol. The Morgan fingerprint density at radius 2 is 1.80 bits per heavy atom. The van der Waals surface area contributed by atoms with Gasteiger partial charge in [0.2, 0.25) is 11.2 Å². The monoisotopic (exact) mass is 571 g/mol. The number of nitrogens with one attached hydrogen (secondary N) is 3. The SMILES string of the molecule is COCC(C)(C)Nc1sc(C(F)(F)F)nc1-c1nnc(NC2N=C(c3ccccc3)c3ccccc3NC2=O)o1. The zero-order valence-corrected chi connectivity index (χ0v) is 22.4. The van der Waals surface area contributed by atoms with Crippen molar-refractivity contribution in [2.24, 2.45) is 4.99 Å². The fraction of sp³-hybridized carbons (Fsp3) is 0.269. The summed E-state index contributed by atoms with van der Waals surface area (Å²) in [6, 6.07) is 16.3. The van der Waals surface area contributed by atoms with E-state index in [2.05, 4.69) is 36.1 Å². The molecule has 0 saturated carbocycles. The number of ether oxygens (including phenoxy) is 1. The number of halogens is 3.